The summed E-state index contributed by atoms with van der Waals surface area (Å²) in [4.78, 5) is 0. The highest BCUT2D eigenvalue weighted by Crippen LogP contribution is 2.33. The maximum atomic E-state index is 5.85. The first-order valence-electron chi connectivity index (χ1n) is 6.18. The van der Waals surface area contributed by atoms with Crippen LogP contribution in [0.25, 0.3) is 0 Å². The summed E-state index contributed by atoms with van der Waals surface area (Å²) in [6.07, 6.45) is 2.65. The van der Waals surface area contributed by atoms with Gasteiger partial charge in [0.25, 0.3) is 0 Å². The summed E-state index contributed by atoms with van der Waals surface area (Å²) in [5, 5.41) is 7.42. The Morgan fingerprint density at radius 1 is 1.26 bits per heavy atom. The molecule has 1 aliphatic heterocycles. The summed E-state index contributed by atoms with van der Waals surface area (Å²) in [6, 6.07) is 5.71. The maximum Gasteiger partial charge on any atom is 0.175 e. The molecule has 0 aliphatic carbocycles. The number of nitrogen functional groups attached to an aromatic ring is 1. The standard InChI is InChI=1S/C13H16N4O2/c1-17-8-10(14)13(16-17)15-9-3-4-11-12(7-9)19-6-2-5-18-11/h3-4,7-8H,2,5-6,14H2,1H3,(H,15,16). The summed E-state index contributed by atoms with van der Waals surface area (Å²) in [5.74, 6) is 2.16. The molecule has 0 amide bonds. The fraction of sp³-hybridized carbons (Fsp3) is 0.308. The molecule has 0 unspecified atom stereocenters. The number of hydrogen-bond donors (Lipinski definition) is 2. The van der Waals surface area contributed by atoms with Gasteiger partial charge in [0.2, 0.25) is 0 Å². The number of nitrogens with zero attached hydrogens (tertiary/aromatic N) is 2. The molecule has 0 radical (unpaired) electrons. The molecule has 0 fully saturated rings. The van der Waals surface area contributed by atoms with Gasteiger partial charge in [-0.3, -0.25) is 4.68 Å². The predicted molar refractivity (Wildman–Crippen MR) is 73.0 cm³/mol. The van der Waals surface area contributed by atoms with Crippen molar-refractivity contribution in [1.82, 2.24) is 9.78 Å². The van der Waals surface area contributed by atoms with Crippen LogP contribution in [0.15, 0.2) is 24.4 Å². The van der Waals surface area contributed by atoms with Gasteiger partial charge in [-0.15, -0.1) is 0 Å². The van der Waals surface area contributed by atoms with E-state index in [1.54, 1.807) is 10.9 Å². The summed E-state index contributed by atoms with van der Waals surface area (Å²) < 4.78 is 12.9. The van der Waals surface area contributed by atoms with E-state index >= 15 is 0 Å². The average molecular weight is 260 g/mol. The highest BCUT2D eigenvalue weighted by Gasteiger charge is 2.12. The molecule has 6 nitrogen and oxygen atoms in total. The Morgan fingerprint density at radius 2 is 2.05 bits per heavy atom. The van der Waals surface area contributed by atoms with E-state index in [4.69, 9.17) is 15.2 Å². The van der Waals surface area contributed by atoms with E-state index in [9.17, 15) is 0 Å². The number of ether oxygens (including phenoxy) is 2. The average Bonchev–Trinajstić information content (AvgIpc) is 2.60. The van der Waals surface area contributed by atoms with Crippen molar-refractivity contribution in [2.24, 2.45) is 7.05 Å². The number of anilines is 3. The molecule has 19 heavy (non-hydrogen) atoms. The van der Waals surface area contributed by atoms with Gasteiger partial charge in [0.05, 0.1) is 18.9 Å². The number of fused-ring (bicyclic) bond motifs is 1. The number of nitrogens with one attached hydrogen (secondary N) is 1. The number of rotatable bonds is 2. The SMILES string of the molecule is Cn1cc(N)c(Nc2ccc3c(c2)OCCCO3)n1. The van der Waals surface area contributed by atoms with Crippen LogP contribution < -0.4 is 20.5 Å². The summed E-state index contributed by atoms with van der Waals surface area (Å²) in [6.45, 7) is 1.36. The Balaban J connectivity index is 1.86. The molecule has 3 rings (SSSR count). The Hall–Kier alpha value is -2.37. The first-order valence-corrected chi connectivity index (χ1v) is 6.18. The van der Waals surface area contributed by atoms with Gasteiger partial charge in [-0.05, 0) is 12.1 Å². The molecule has 2 heterocycles. The Kier molecular flexibility index (Phi) is 2.91. The first-order chi connectivity index (χ1) is 9.22. The van der Waals surface area contributed by atoms with E-state index in [0.717, 1.165) is 23.6 Å². The van der Waals surface area contributed by atoms with Crippen LogP contribution in [0, 0.1) is 0 Å². The summed E-state index contributed by atoms with van der Waals surface area (Å²) in [5.41, 5.74) is 7.33. The van der Waals surface area contributed by atoms with Crippen LogP contribution in [-0.2, 0) is 7.05 Å². The first kappa shape index (κ1) is 11.7. The number of aromatic nitrogens is 2. The third-order valence-corrected chi connectivity index (χ3v) is 2.87. The molecule has 6 heteroatoms. The van der Waals surface area contributed by atoms with Crippen molar-refractivity contribution in [3.63, 3.8) is 0 Å². The second-order valence-electron chi connectivity index (χ2n) is 4.44. The normalized spacial score (nSPS) is 13.9. The molecule has 1 aromatic carbocycles. The molecular weight excluding hydrogens is 244 g/mol. The van der Waals surface area contributed by atoms with Gasteiger partial charge in [0, 0.05) is 31.4 Å². The van der Waals surface area contributed by atoms with Gasteiger partial charge >= 0.3 is 0 Å². The Labute approximate surface area is 111 Å². The third-order valence-electron chi connectivity index (χ3n) is 2.87. The van der Waals surface area contributed by atoms with Crippen LogP contribution in [0.4, 0.5) is 17.2 Å². The molecule has 2 aromatic rings. The van der Waals surface area contributed by atoms with Crippen molar-refractivity contribution in [3.8, 4) is 11.5 Å². The lowest BCUT2D eigenvalue weighted by atomic mass is 10.2. The molecule has 0 bridgehead atoms. The van der Waals surface area contributed by atoms with Crippen LogP contribution in [0.3, 0.4) is 0 Å². The van der Waals surface area contributed by atoms with E-state index in [-0.39, 0.29) is 0 Å². The molecule has 0 saturated carbocycles. The van der Waals surface area contributed by atoms with Crippen molar-refractivity contribution < 1.29 is 9.47 Å². The largest absolute Gasteiger partial charge is 0.490 e. The maximum absolute atomic E-state index is 5.85. The topological polar surface area (TPSA) is 74.3 Å². The van der Waals surface area contributed by atoms with E-state index in [1.165, 1.54) is 0 Å². The van der Waals surface area contributed by atoms with Crippen molar-refractivity contribution in [2.75, 3.05) is 24.3 Å². The number of benzene rings is 1. The molecular formula is C13H16N4O2. The highest BCUT2D eigenvalue weighted by molar-refractivity contribution is 5.69. The monoisotopic (exact) mass is 260 g/mol. The van der Waals surface area contributed by atoms with Crippen molar-refractivity contribution >= 4 is 17.2 Å². The van der Waals surface area contributed by atoms with Crippen LogP contribution in [0.2, 0.25) is 0 Å². The lowest BCUT2D eigenvalue weighted by Crippen LogP contribution is -1.98. The quantitative estimate of drug-likeness (QED) is 0.862. The van der Waals surface area contributed by atoms with E-state index in [0.29, 0.717) is 24.7 Å². The predicted octanol–water partition coefficient (Wildman–Crippen LogP) is 1.91. The van der Waals surface area contributed by atoms with E-state index < -0.39 is 0 Å². The highest BCUT2D eigenvalue weighted by atomic mass is 16.5. The minimum Gasteiger partial charge on any atom is -0.490 e. The van der Waals surface area contributed by atoms with Crippen LogP contribution in [0.5, 0.6) is 11.5 Å². The molecule has 1 aromatic heterocycles. The third kappa shape index (κ3) is 2.42. The van der Waals surface area contributed by atoms with Crippen LogP contribution in [-0.4, -0.2) is 23.0 Å². The number of nitrogens with two attached hydrogens (primary N) is 1. The minimum atomic E-state index is 0.606. The van der Waals surface area contributed by atoms with E-state index in [2.05, 4.69) is 10.4 Å². The zero-order chi connectivity index (χ0) is 13.2. The molecule has 0 saturated heterocycles. The van der Waals surface area contributed by atoms with Crippen LogP contribution in [0.1, 0.15) is 6.42 Å². The van der Waals surface area contributed by atoms with Gasteiger partial charge in [-0.2, -0.15) is 5.10 Å². The number of aryl methyl sites for hydroxylation is 1. The van der Waals surface area contributed by atoms with Crippen molar-refractivity contribution in [1.29, 1.82) is 0 Å². The van der Waals surface area contributed by atoms with Gasteiger partial charge in [0.1, 0.15) is 0 Å². The van der Waals surface area contributed by atoms with Gasteiger partial charge in [-0.25, -0.2) is 0 Å². The minimum absolute atomic E-state index is 0.606. The Morgan fingerprint density at radius 3 is 2.79 bits per heavy atom. The van der Waals surface area contributed by atoms with Crippen molar-refractivity contribution in [2.45, 2.75) is 6.42 Å². The Bertz CT molecular complexity index is 594. The lowest BCUT2D eigenvalue weighted by molar-refractivity contribution is 0.297. The smallest absolute Gasteiger partial charge is 0.175 e. The van der Waals surface area contributed by atoms with Crippen LogP contribution >= 0.6 is 0 Å². The molecule has 3 N–H and O–H groups in total. The summed E-state index contributed by atoms with van der Waals surface area (Å²) in [7, 11) is 1.83. The fourth-order valence-electron chi connectivity index (χ4n) is 1.98. The zero-order valence-electron chi connectivity index (χ0n) is 10.7. The fourth-order valence-corrected chi connectivity index (χ4v) is 1.98. The van der Waals surface area contributed by atoms with Gasteiger partial charge in [-0.1, -0.05) is 0 Å². The van der Waals surface area contributed by atoms with Gasteiger partial charge < -0.3 is 20.5 Å². The zero-order valence-corrected chi connectivity index (χ0v) is 10.7. The second kappa shape index (κ2) is 4.72. The second-order valence-corrected chi connectivity index (χ2v) is 4.44. The molecule has 0 spiro atoms. The summed E-state index contributed by atoms with van der Waals surface area (Å²) >= 11 is 0. The number of hydrogen-bond acceptors (Lipinski definition) is 5. The van der Waals surface area contributed by atoms with Crippen molar-refractivity contribution in [3.05, 3.63) is 24.4 Å². The lowest BCUT2D eigenvalue weighted by Gasteiger charge is -2.10. The van der Waals surface area contributed by atoms with Gasteiger partial charge in [0.15, 0.2) is 17.3 Å². The molecule has 0 atom stereocenters. The molecule has 100 valence electrons. The van der Waals surface area contributed by atoms with E-state index in [1.807, 2.05) is 25.2 Å². The molecule has 1 aliphatic rings.